The standard InChI is InChI=1S/C27H39N3O3/c1-33-18-17-30-26(32)22-11-3-2-10-21(22)24(27(30)13-5-6-14-27)25(31)28-19-20-9-8-16-29-15-7-4-12-23(20)29/h2-3,10-11,20,23-24H,4-9,12-19H2,1H3,(H,28,31)/t20-,23+,24+/m1/s1. The van der Waals surface area contributed by atoms with Crippen molar-refractivity contribution in [3.05, 3.63) is 35.4 Å². The first-order chi connectivity index (χ1) is 16.2. The first-order valence-electron chi connectivity index (χ1n) is 13.1. The van der Waals surface area contributed by atoms with E-state index >= 15 is 0 Å². The molecule has 5 rings (SSSR count). The van der Waals surface area contributed by atoms with Gasteiger partial charge in [0.15, 0.2) is 0 Å². The van der Waals surface area contributed by atoms with Crippen molar-refractivity contribution in [3.8, 4) is 0 Å². The number of amides is 2. The van der Waals surface area contributed by atoms with Crippen LogP contribution in [0.25, 0.3) is 0 Å². The van der Waals surface area contributed by atoms with Crippen molar-refractivity contribution in [3.63, 3.8) is 0 Å². The van der Waals surface area contributed by atoms with Crippen LogP contribution in [0.1, 0.15) is 79.6 Å². The van der Waals surface area contributed by atoms with Crippen molar-refractivity contribution < 1.29 is 14.3 Å². The number of nitrogens with one attached hydrogen (secondary N) is 1. The average Bonchev–Trinajstić information content (AvgIpc) is 3.32. The van der Waals surface area contributed by atoms with Gasteiger partial charge in [0, 0.05) is 31.8 Å². The van der Waals surface area contributed by atoms with Gasteiger partial charge in [0.25, 0.3) is 5.91 Å². The minimum atomic E-state index is -0.433. The van der Waals surface area contributed by atoms with Gasteiger partial charge in [-0.25, -0.2) is 0 Å². The summed E-state index contributed by atoms with van der Waals surface area (Å²) < 4.78 is 5.36. The zero-order chi connectivity index (χ0) is 22.8. The van der Waals surface area contributed by atoms with E-state index in [4.69, 9.17) is 4.74 Å². The number of carbonyl (C=O) groups is 2. The lowest BCUT2D eigenvalue weighted by Gasteiger charge is -2.50. The molecule has 180 valence electrons. The number of piperidine rings is 2. The number of rotatable bonds is 6. The zero-order valence-corrected chi connectivity index (χ0v) is 20.1. The maximum atomic E-state index is 14.0. The lowest BCUT2D eigenvalue weighted by atomic mass is 9.71. The highest BCUT2D eigenvalue weighted by Crippen LogP contribution is 2.50. The second kappa shape index (κ2) is 9.75. The molecule has 1 aromatic rings. The zero-order valence-electron chi connectivity index (χ0n) is 20.1. The third-order valence-electron chi connectivity index (χ3n) is 8.84. The van der Waals surface area contributed by atoms with E-state index in [0.29, 0.717) is 30.7 Å². The normalized spacial score (nSPS) is 29.1. The molecule has 1 N–H and O–H groups in total. The van der Waals surface area contributed by atoms with Crippen molar-refractivity contribution in [2.24, 2.45) is 5.92 Å². The number of carbonyl (C=O) groups excluding carboxylic acids is 2. The van der Waals surface area contributed by atoms with Gasteiger partial charge in [0.1, 0.15) is 0 Å². The summed E-state index contributed by atoms with van der Waals surface area (Å²) in [7, 11) is 1.67. The van der Waals surface area contributed by atoms with Crippen molar-refractivity contribution in [2.75, 3.05) is 39.9 Å². The van der Waals surface area contributed by atoms with E-state index in [1.807, 2.05) is 29.2 Å². The Morgan fingerprint density at radius 1 is 1.09 bits per heavy atom. The maximum Gasteiger partial charge on any atom is 0.254 e. The van der Waals surface area contributed by atoms with E-state index in [0.717, 1.165) is 37.8 Å². The molecular weight excluding hydrogens is 414 g/mol. The van der Waals surface area contributed by atoms with E-state index in [2.05, 4.69) is 10.2 Å². The fourth-order valence-electron chi connectivity index (χ4n) is 7.32. The fourth-order valence-corrected chi connectivity index (χ4v) is 7.32. The number of hydrogen-bond donors (Lipinski definition) is 1. The van der Waals surface area contributed by atoms with Gasteiger partial charge in [0.2, 0.25) is 5.91 Å². The van der Waals surface area contributed by atoms with Crippen LogP contribution in [0, 0.1) is 5.92 Å². The molecule has 6 heteroatoms. The van der Waals surface area contributed by atoms with E-state index < -0.39 is 5.54 Å². The summed E-state index contributed by atoms with van der Waals surface area (Å²) in [5.74, 6) is 0.385. The van der Waals surface area contributed by atoms with Crippen LogP contribution in [-0.2, 0) is 9.53 Å². The SMILES string of the molecule is COCCN1C(=O)c2ccccc2[C@@H](C(=O)NC[C@H]2CCCN3CCCC[C@@H]23)C12CCCC2. The summed E-state index contributed by atoms with van der Waals surface area (Å²) in [5, 5.41) is 3.40. The molecule has 1 spiro atoms. The first kappa shape index (κ1) is 22.9. The van der Waals surface area contributed by atoms with Gasteiger partial charge in [-0.1, -0.05) is 37.5 Å². The monoisotopic (exact) mass is 453 g/mol. The third kappa shape index (κ3) is 4.10. The average molecular weight is 454 g/mol. The smallest absolute Gasteiger partial charge is 0.254 e. The summed E-state index contributed by atoms with van der Waals surface area (Å²) in [6, 6.07) is 8.40. The third-order valence-corrected chi connectivity index (χ3v) is 8.84. The Morgan fingerprint density at radius 2 is 1.88 bits per heavy atom. The lowest BCUT2D eigenvalue weighted by Crippen LogP contribution is -2.61. The Labute approximate surface area is 198 Å². The highest BCUT2D eigenvalue weighted by atomic mass is 16.5. The summed E-state index contributed by atoms with van der Waals surface area (Å²) >= 11 is 0. The van der Waals surface area contributed by atoms with Gasteiger partial charge >= 0.3 is 0 Å². The van der Waals surface area contributed by atoms with Gasteiger partial charge in [-0.05, 0) is 69.2 Å². The van der Waals surface area contributed by atoms with Gasteiger partial charge in [0.05, 0.1) is 18.1 Å². The molecule has 33 heavy (non-hydrogen) atoms. The van der Waals surface area contributed by atoms with Gasteiger partial charge in [-0.15, -0.1) is 0 Å². The number of benzene rings is 1. The number of ether oxygens (including phenoxy) is 1. The van der Waals surface area contributed by atoms with Crippen molar-refractivity contribution in [2.45, 2.75) is 75.3 Å². The summed E-state index contributed by atoms with van der Waals surface area (Å²) in [6.45, 7) is 4.20. The topological polar surface area (TPSA) is 61.9 Å². The molecule has 0 radical (unpaired) electrons. The molecule has 1 aliphatic carbocycles. The molecule has 4 aliphatic rings. The van der Waals surface area contributed by atoms with Crippen LogP contribution in [0.4, 0.5) is 0 Å². The number of fused-ring (bicyclic) bond motifs is 2. The van der Waals surface area contributed by atoms with Gasteiger partial charge in [-0.2, -0.15) is 0 Å². The highest BCUT2D eigenvalue weighted by Gasteiger charge is 2.55. The molecule has 0 bridgehead atoms. The van der Waals surface area contributed by atoms with E-state index in [1.165, 1.54) is 45.2 Å². The van der Waals surface area contributed by atoms with E-state index in [-0.39, 0.29) is 17.7 Å². The van der Waals surface area contributed by atoms with Crippen LogP contribution in [0.5, 0.6) is 0 Å². The summed E-state index contributed by atoms with van der Waals surface area (Å²) in [4.78, 5) is 32.1. The molecule has 6 nitrogen and oxygen atoms in total. The molecular formula is C27H39N3O3. The Bertz CT molecular complexity index is 864. The molecule has 3 atom stereocenters. The summed E-state index contributed by atoms with van der Waals surface area (Å²) in [6.07, 6.45) is 10.2. The molecule has 3 heterocycles. The van der Waals surface area contributed by atoms with Crippen molar-refractivity contribution in [1.82, 2.24) is 15.1 Å². The molecule has 2 saturated heterocycles. The molecule has 3 aliphatic heterocycles. The minimum Gasteiger partial charge on any atom is -0.383 e. The van der Waals surface area contributed by atoms with Crippen molar-refractivity contribution in [1.29, 1.82) is 0 Å². The van der Waals surface area contributed by atoms with Crippen LogP contribution in [-0.4, -0.2) is 73.1 Å². The Balaban J connectivity index is 1.41. The molecule has 3 fully saturated rings. The van der Waals surface area contributed by atoms with Crippen LogP contribution in [0.3, 0.4) is 0 Å². The number of nitrogens with zero attached hydrogens (tertiary/aromatic N) is 2. The molecule has 0 aromatic heterocycles. The summed E-state index contributed by atoms with van der Waals surface area (Å²) in [5.41, 5.74) is 1.17. The molecule has 1 saturated carbocycles. The van der Waals surface area contributed by atoms with Gasteiger partial charge in [-0.3, -0.25) is 9.59 Å². The predicted molar refractivity (Wildman–Crippen MR) is 128 cm³/mol. The quantitative estimate of drug-likeness (QED) is 0.715. The Hall–Kier alpha value is -1.92. The largest absolute Gasteiger partial charge is 0.383 e. The molecule has 1 aromatic carbocycles. The first-order valence-corrected chi connectivity index (χ1v) is 13.1. The number of methoxy groups -OCH3 is 1. The Morgan fingerprint density at radius 3 is 2.70 bits per heavy atom. The van der Waals surface area contributed by atoms with E-state index in [1.54, 1.807) is 7.11 Å². The van der Waals surface area contributed by atoms with Crippen LogP contribution in [0.2, 0.25) is 0 Å². The highest BCUT2D eigenvalue weighted by molar-refractivity contribution is 6.02. The fraction of sp³-hybridized carbons (Fsp3) is 0.704. The molecule has 0 unspecified atom stereocenters. The minimum absolute atomic E-state index is 0.0544. The second-order valence-electron chi connectivity index (χ2n) is 10.5. The van der Waals surface area contributed by atoms with Crippen LogP contribution < -0.4 is 5.32 Å². The predicted octanol–water partition coefficient (Wildman–Crippen LogP) is 3.57. The van der Waals surface area contributed by atoms with Crippen LogP contribution in [0.15, 0.2) is 24.3 Å². The van der Waals surface area contributed by atoms with Crippen molar-refractivity contribution >= 4 is 11.8 Å². The van der Waals surface area contributed by atoms with Gasteiger partial charge < -0.3 is 19.9 Å². The maximum absolute atomic E-state index is 14.0. The number of hydrogen-bond acceptors (Lipinski definition) is 4. The Kier molecular flexibility index (Phi) is 6.75. The lowest BCUT2D eigenvalue weighted by molar-refractivity contribution is -0.127. The molecule has 2 amide bonds. The van der Waals surface area contributed by atoms with Crippen LogP contribution >= 0.6 is 0 Å². The van der Waals surface area contributed by atoms with E-state index in [9.17, 15) is 9.59 Å². The second-order valence-corrected chi connectivity index (χ2v) is 10.5.